The molecule has 3 atom stereocenters. The average Bonchev–Trinajstić information content (AvgIpc) is 3.16. The van der Waals surface area contributed by atoms with Gasteiger partial charge in [0.2, 0.25) is 0 Å². The average molecular weight is 352 g/mol. The van der Waals surface area contributed by atoms with Crippen molar-refractivity contribution in [1.29, 1.82) is 0 Å². The van der Waals surface area contributed by atoms with Crippen LogP contribution in [-0.2, 0) is 0 Å². The lowest BCUT2D eigenvalue weighted by Crippen LogP contribution is -2.29. The first kappa shape index (κ1) is 16.4. The van der Waals surface area contributed by atoms with Gasteiger partial charge in [-0.2, -0.15) is 0 Å². The lowest BCUT2D eigenvalue weighted by Gasteiger charge is -2.38. The molecule has 0 spiro atoms. The van der Waals surface area contributed by atoms with E-state index in [1.54, 1.807) is 26.4 Å². The van der Waals surface area contributed by atoms with E-state index in [0.717, 1.165) is 34.7 Å². The molecule has 6 nitrogen and oxygen atoms in total. The van der Waals surface area contributed by atoms with Crippen LogP contribution in [-0.4, -0.2) is 19.1 Å². The number of fused-ring (bicyclic) bond motifs is 3. The van der Waals surface area contributed by atoms with Gasteiger partial charge in [0.15, 0.2) is 0 Å². The van der Waals surface area contributed by atoms with Gasteiger partial charge in [0.05, 0.1) is 30.9 Å². The van der Waals surface area contributed by atoms with Gasteiger partial charge in [0.25, 0.3) is 5.69 Å². The summed E-state index contributed by atoms with van der Waals surface area (Å²) in [7, 11) is 3.30. The Kier molecular flexibility index (Phi) is 4.03. The van der Waals surface area contributed by atoms with Gasteiger partial charge in [-0.05, 0) is 29.5 Å². The van der Waals surface area contributed by atoms with Gasteiger partial charge in [-0.1, -0.05) is 24.3 Å². The Morgan fingerprint density at radius 1 is 1.15 bits per heavy atom. The predicted molar refractivity (Wildman–Crippen MR) is 99.0 cm³/mol. The van der Waals surface area contributed by atoms with Gasteiger partial charge in [-0.3, -0.25) is 10.1 Å². The first-order valence-corrected chi connectivity index (χ1v) is 8.56. The monoisotopic (exact) mass is 352 g/mol. The number of benzene rings is 2. The van der Waals surface area contributed by atoms with Gasteiger partial charge in [-0.15, -0.1) is 0 Å². The van der Waals surface area contributed by atoms with Gasteiger partial charge >= 0.3 is 0 Å². The van der Waals surface area contributed by atoms with Crippen LogP contribution >= 0.6 is 0 Å². The van der Waals surface area contributed by atoms with Crippen molar-refractivity contribution in [2.24, 2.45) is 5.92 Å². The van der Waals surface area contributed by atoms with Crippen molar-refractivity contribution in [3.8, 4) is 11.5 Å². The Labute approximate surface area is 151 Å². The SMILES string of the molecule is COc1cc(OC)c2c(c1)[C@H]1C=CC[C@H]1[C@@H](c1ccc([N+](=O)[O-])cc1)N2. The molecule has 1 aliphatic heterocycles. The Bertz CT molecular complexity index is 876. The van der Waals surface area contributed by atoms with Crippen LogP contribution in [0.2, 0.25) is 0 Å². The molecule has 0 fully saturated rings. The maximum atomic E-state index is 10.9. The third-order valence-corrected chi connectivity index (χ3v) is 5.32. The minimum atomic E-state index is -0.372. The van der Waals surface area contributed by atoms with E-state index >= 15 is 0 Å². The largest absolute Gasteiger partial charge is 0.497 e. The summed E-state index contributed by atoms with van der Waals surface area (Å²) in [4.78, 5) is 10.6. The maximum absolute atomic E-state index is 10.9. The molecule has 0 saturated carbocycles. The number of nitrogens with one attached hydrogen (secondary N) is 1. The summed E-state index contributed by atoms with van der Waals surface area (Å²) in [6, 6.07) is 10.8. The van der Waals surface area contributed by atoms with Crippen LogP contribution in [0, 0.1) is 16.0 Å². The molecule has 1 aliphatic carbocycles. The molecule has 2 aromatic rings. The second-order valence-electron chi connectivity index (χ2n) is 6.62. The highest BCUT2D eigenvalue weighted by Gasteiger charge is 2.39. The molecule has 0 bridgehead atoms. The lowest BCUT2D eigenvalue weighted by atomic mass is 9.77. The second-order valence-corrected chi connectivity index (χ2v) is 6.62. The minimum absolute atomic E-state index is 0.0607. The molecule has 0 unspecified atom stereocenters. The fourth-order valence-electron chi connectivity index (χ4n) is 4.05. The van der Waals surface area contributed by atoms with E-state index in [2.05, 4.69) is 23.5 Å². The van der Waals surface area contributed by atoms with Crippen LogP contribution in [0.15, 0.2) is 48.6 Å². The molecule has 2 aliphatic rings. The number of anilines is 1. The number of hydrogen-bond acceptors (Lipinski definition) is 5. The Balaban J connectivity index is 1.77. The Morgan fingerprint density at radius 2 is 1.92 bits per heavy atom. The zero-order valence-corrected chi connectivity index (χ0v) is 14.6. The summed E-state index contributed by atoms with van der Waals surface area (Å²) in [5.74, 6) is 2.12. The molecule has 1 heterocycles. The van der Waals surface area contributed by atoms with E-state index in [9.17, 15) is 10.1 Å². The molecule has 0 amide bonds. The zero-order chi connectivity index (χ0) is 18.3. The van der Waals surface area contributed by atoms with E-state index in [-0.39, 0.29) is 22.6 Å². The third-order valence-electron chi connectivity index (χ3n) is 5.32. The fraction of sp³-hybridized carbons (Fsp3) is 0.300. The highest BCUT2D eigenvalue weighted by atomic mass is 16.6. The molecular formula is C20H20N2O4. The van der Waals surface area contributed by atoms with Crippen molar-refractivity contribution >= 4 is 11.4 Å². The molecule has 0 saturated heterocycles. The van der Waals surface area contributed by atoms with Crippen molar-refractivity contribution < 1.29 is 14.4 Å². The molecule has 0 aromatic heterocycles. The van der Waals surface area contributed by atoms with Gasteiger partial charge in [0.1, 0.15) is 11.5 Å². The normalized spacial score (nSPS) is 22.9. The van der Waals surface area contributed by atoms with Crippen molar-refractivity contribution in [3.63, 3.8) is 0 Å². The molecule has 6 heteroatoms. The van der Waals surface area contributed by atoms with Crippen molar-refractivity contribution in [2.75, 3.05) is 19.5 Å². The highest BCUT2D eigenvalue weighted by molar-refractivity contribution is 5.70. The quantitative estimate of drug-likeness (QED) is 0.500. The zero-order valence-electron chi connectivity index (χ0n) is 14.6. The molecule has 1 N–H and O–H groups in total. The fourth-order valence-corrected chi connectivity index (χ4v) is 4.05. The van der Waals surface area contributed by atoms with Crippen LogP contribution in [0.25, 0.3) is 0 Å². The Morgan fingerprint density at radius 3 is 2.58 bits per heavy atom. The number of nitro benzene ring substituents is 1. The summed E-state index contributed by atoms with van der Waals surface area (Å²) < 4.78 is 11.0. The van der Waals surface area contributed by atoms with E-state index in [1.165, 1.54) is 0 Å². The molecule has 4 rings (SSSR count). The summed E-state index contributed by atoms with van der Waals surface area (Å²) in [5, 5.41) is 14.5. The number of nitrogens with zero attached hydrogens (tertiary/aromatic N) is 1. The number of methoxy groups -OCH3 is 2. The lowest BCUT2D eigenvalue weighted by molar-refractivity contribution is -0.384. The van der Waals surface area contributed by atoms with Crippen molar-refractivity contribution in [1.82, 2.24) is 0 Å². The standard InChI is InChI=1S/C20H20N2O4/c1-25-14-10-17-15-4-3-5-16(15)19(21-20(17)18(11-14)26-2)12-6-8-13(9-7-12)22(23)24/h3-4,6-11,15-16,19,21H,5H2,1-2H3/t15-,16+,19+/m0/s1. The molecule has 0 radical (unpaired) electrons. The van der Waals surface area contributed by atoms with E-state index in [4.69, 9.17) is 9.47 Å². The molecule has 134 valence electrons. The highest BCUT2D eigenvalue weighted by Crippen LogP contribution is 2.53. The third kappa shape index (κ3) is 2.58. The van der Waals surface area contributed by atoms with Gasteiger partial charge < -0.3 is 14.8 Å². The summed E-state index contributed by atoms with van der Waals surface area (Å²) >= 11 is 0. The number of allylic oxidation sites excluding steroid dienone is 2. The first-order valence-electron chi connectivity index (χ1n) is 8.56. The topological polar surface area (TPSA) is 73.6 Å². The van der Waals surface area contributed by atoms with Crippen LogP contribution in [0.1, 0.15) is 29.5 Å². The van der Waals surface area contributed by atoms with Gasteiger partial charge in [0, 0.05) is 24.1 Å². The molecule has 26 heavy (non-hydrogen) atoms. The number of nitro groups is 1. The summed E-state index contributed by atoms with van der Waals surface area (Å²) in [6.07, 6.45) is 5.40. The number of hydrogen-bond donors (Lipinski definition) is 1. The van der Waals surface area contributed by atoms with Crippen molar-refractivity contribution in [3.05, 3.63) is 69.8 Å². The molecule has 2 aromatic carbocycles. The summed E-state index contributed by atoms with van der Waals surface area (Å²) in [5.41, 5.74) is 3.27. The predicted octanol–water partition coefficient (Wildman–Crippen LogP) is 4.44. The van der Waals surface area contributed by atoms with Crippen LogP contribution in [0.4, 0.5) is 11.4 Å². The second kappa shape index (κ2) is 6.37. The number of ether oxygens (including phenoxy) is 2. The van der Waals surface area contributed by atoms with E-state index < -0.39 is 0 Å². The van der Waals surface area contributed by atoms with Crippen LogP contribution in [0.5, 0.6) is 11.5 Å². The molecular weight excluding hydrogens is 332 g/mol. The summed E-state index contributed by atoms with van der Waals surface area (Å²) in [6.45, 7) is 0. The first-order chi connectivity index (χ1) is 12.6. The smallest absolute Gasteiger partial charge is 0.269 e. The Hall–Kier alpha value is -3.02. The number of rotatable bonds is 4. The maximum Gasteiger partial charge on any atom is 0.269 e. The van der Waals surface area contributed by atoms with E-state index in [0.29, 0.717) is 5.92 Å². The van der Waals surface area contributed by atoms with Crippen molar-refractivity contribution in [2.45, 2.75) is 18.4 Å². The van der Waals surface area contributed by atoms with Gasteiger partial charge in [-0.25, -0.2) is 0 Å². The van der Waals surface area contributed by atoms with E-state index in [1.807, 2.05) is 18.2 Å². The minimum Gasteiger partial charge on any atom is -0.497 e. The number of non-ortho nitro benzene ring substituents is 1. The van der Waals surface area contributed by atoms with Crippen LogP contribution in [0.3, 0.4) is 0 Å². The van der Waals surface area contributed by atoms with Crippen LogP contribution < -0.4 is 14.8 Å².